The van der Waals surface area contributed by atoms with E-state index in [0.717, 1.165) is 62.7 Å². The van der Waals surface area contributed by atoms with Crippen molar-refractivity contribution in [3.05, 3.63) is 23.7 Å². The second kappa shape index (κ2) is 4.98. The van der Waals surface area contributed by atoms with Crippen molar-refractivity contribution in [1.82, 2.24) is 24.3 Å². The van der Waals surface area contributed by atoms with E-state index in [9.17, 15) is 4.79 Å². The summed E-state index contributed by atoms with van der Waals surface area (Å²) in [5, 5.41) is 11.1. The quantitative estimate of drug-likeness (QED) is 0.905. The number of rotatable bonds is 2. The minimum absolute atomic E-state index is 0.191. The Bertz CT molecular complexity index is 686. The van der Waals surface area contributed by atoms with E-state index in [-0.39, 0.29) is 5.91 Å². The predicted molar refractivity (Wildman–Crippen MR) is 76.1 cm³/mol. The number of fused-ring (bicyclic) bond motifs is 2. The summed E-state index contributed by atoms with van der Waals surface area (Å²) in [5.74, 6) is 2.96. The first kappa shape index (κ1) is 12.6. The van der Waals surface area contributed by atoms with E-state index < -0.39 is 0 Å². The molecule has 0 unspecified atom stereocenters. The van der Waals surface area contributed by atoms with Crippen LogP contribution >= 0.6 is 0 Å². The molecule has 0 atom stereocenters. The molecule has 2 aliphatic rings. The molecule has 21 heavy (non-hydrogen) atoms. The minimum Gasteiger partial charge on any atom is -0.315 e. The van der Waals surface area contributed by atoms with Crippen molar-refractivity contribution in [2.24, 2.45) is 0 Å². The Kier molecular flexibility index (Phi) is 2.98. The molecule has 110 valence electrons. The van der Waals surface area contributed by atoms with Crippen molar-refractivity contribution < 1.29 is 4.79 Å². The molecule has 0 bridgehead atoms. The smallest absolute Gasteiger partial charge is 0.294 e. The summed E-state index contributed by atoms with van der Waals surface area (Å²) in [6.45, 7) is 1.75. The lowest BCUT2D eigenvalue weighted by atomic mass is 10.1. The average molecular weight is 286 g/mol. The minimum atomic E-state index is -0.191. The van der Waals surface area contributed by atoms with Crippen LogP contribution in [0.5, 0.6) is 0 Å². The molecule has 0 saturated carbocycles. The van der Waals surface area contributed by atoms with E-state index in [0.29, 0.717) is 5.82 Å². The van der Waals surface area contributed by atoms with Crippen molar-refractivity contribution >= 4 is 11.7 Å². The van der Waals surface area contributed by atoms with Gasteiger partial charge in [0.15, 0.2) is 0 Å². The normalized spacial score (nSPS) is 17.1. The van der Waals surface area contributed by atoms with Crippen LogP contribution in [0.25, 0.3) is 0 Å². The summed E-state index contributed by atoms with van der Waals surface area (Å²) in [4.78, 5) is 16.8. The van der Waals surface area contributed by atoms with Crippen LogP contribution in [0.3, 0.4) is 0 Å². The number of anilines is 1. The maximum absolute atomic E-state index is 12.5. The van der Waals surface area contributed by atoms with Gasteiger partial charge in [0.25, 0.3) is 5.91 Å². The van der Waals surface area contributed by atoms with Gasteiger partial charge in [-0.15, -0.1) is 10.2 Å². The van der Waals surface area contributed by atoms with Gasteiger partial charge < -0.3 is 14.5 Å². The molecule has 2 aliphatic heterocycles. The van der Waals surface area contributed by atoms with E-state index in [1.807, 2.05) is 4.57 Å². The molecule has 7 heteroatoms. The fourth-order valence-corrected chi connectivity index (χ4v) is 3.16. The topological polar surface area (TPSA) is 77.6 Å². The monoisotopic (exact) mass is 286 g/mol. The number of imidazole rings is 1. The Balaban J connectivity index is 1.59. The van der Waals surface area contributed by atoms with E-state index in [1.165, 1.54) is 6.42 Å². The third-order valence-corrected chi connectivity index (χ3v) is 4.27. The number of hydrogen-bond donors (Lipinski definition) is 1. The van der Waals surface area contributed by atoms with Crippen molar-refractivity contribution in [1.29, 1.82) is 0 Å². The number of nitrogens with one attached hydrogen (secondary N) is 1. The van der Waals surface area contributed by atoms with E-state index in [4.69, 9.17) is 0 Å². The molecular formula is C14H18N6O. The zero-order valence-electron chi connectivity index (χ0n) is 11.9. The molecule has 1 amide bonds. The highest BCUT2D eigenvalue weighted by atomic mass is 16.2. The first-order valence-electron chi connectivity index (χ1n) is 7.61. The molecule has 0 aromatic carbocycles. The molecule has 0 fully saturated rings. The lowest BCUT2D eigenvalue weighted by Crippen LogP contribution is -2.23. The summed E-state index contributed by atoms with van der Waals surface area (Å²) in [6, 6.07) is 0. The zero-order valence-corrected chi connectivity index (χ0v) is 11.9. The Morgan fingerprint density at radius 2 is 1.76 bits per heavy atom. The predicted octanol–water partition coefficient (Wildman–Crippen LogP) is 1.40. The van der Waals surface area contributed by atoms with Gasteiger partial charge >= 0.3 is 0 Å². The van der Waals surface area contributed by atoms with Crippen molar-refractivity contribution in [2.45, 2.75) is 51.6 Å². The molecule has 4 heterocycles. The maximum Gasteiger partial charge on any atom is 0.294 e. The van der Waals surface area contributed by atoms with Crippen molar-refractivity contribution in [3.8, 4) is 0 Å². The second-order valence-corrected chi connectivity index (χ2v) is 5.67. The molecule has 0 spiro atoms. The van der Waals surface area contributed by atoms with Gasteiger partial charge in [-0.25, -0.2) is 4.98 Å². The van der Waals surface area contributed by atoms with Gasteiger partial charge in [0.05, 0.1) is 6.20 Å². The number of carbonyl (C=O) groups is 1. The summed E-state index contributed by atoms with van der Waals surface area (Å²) < 4.78 is 4.03. The van der Waals surface area contributed by atoms with Gasteiger partial charge in [-0.1, -0.05) is 0 Å². The van der Waals surface area contributed by atoms with Gasteiger partial charge in [-0.05, 0) is 25.7 Å². The summed E-state index contributed by atoms with van der Waals surface area (Å²) >= 11 is 0. The van der Waals surface area contributed by atoms with Crippen LogP contribution in [0.15, 0.2) is 6.20 Å². The van der Waals surface area contributed by atoms with Crippen LogP contribution in [-0.2, 0) is 25.9 Å². The lowest BCUT2D eigenvalue weighted by molar-refractivity contribution is 0.101. The van der Waals surface area contributed by atoms with Crippen LogP contribution in [0.4, 0.5) is 5.82 Å². The van der Waals surface area contributed by atoms with Crippen molar-refractivity contribution in [3.63, 3.8) is 0 Å². The van der Waals surface area contributed by atoms with Crippen molar-refractivity contribution in [2.75, 3.05) is 5.32 Å². The van der Waals surface area contributed by atoms with Gasteiger partial charge in [0, 0.05) is 25.9 Å². The fraction of sp³-hybridized carbons (Fsp3) is 0.571. The summed E-state index contributed by atoms with van der Waals surface area (Å²) in [5.41, 5.74) is 0. The molecule has 2 aromatic heterocycles. The van der Waals surface area contributed by atoms with E-state index >= 15 is 0 Å². The Labute approximate surface area is 122 Å². The molecule has 0 aliphatic carbocycles. The Morgan fingerprint density at radius 3 is 2.62 bits per heavy atom. The number of nitrogens with zero attached hydrogens (tertiary/aromatic N) is 5. The fourth-order valence-electron chi connectivity index (χ4n) is 3.16. The molecule has 0 saturated heterocycles. The van der Waals surface area contributed by atoms with Crippen LogP contribution < -0.4 is 5.32 Å². The largest absolute Gasteiger partial charge is 0.315 e. The van der Waals surface area contributed by atoms with Crippen LogP contribution in [0, 0.1) is 0 Å². The number of amides is 1. The van der Waals surface area contributed by atoms with Gasteiger partial charge in [-0.3, -0.25) is 4.79 Å². The molecule has 4 rings (SSSR count). The third-order valence-electron chi connectivity index (χ3n) is 4.27. The van der Waals surface area contributed by atoms with E-state index in [1.54, 1.807) is 6.20 Å². The molecule has 2 aromatic rings. The number of hydrogen-bond acceptors (Lipinski definition) is 4. The number of aryl methyl sites for hydroxylation is 2. The van der Waals surface area contributed by atoms with E-state index in [2.05, 4.69) is 25.1 Å². The molecule has 0 radical (unpaired) electrons. The van der Waals surface area contributed by atoms with Crippen LogP contribution in [-0.4, -0.2) is 30.2 Å². The standard InChI is InChI=1S/C14H18N6O/c21-14(13-18-17-11-6-2-4-8-20(11)13)16-12-9-15-10-5-1-3-7-19(10)12/h9H,1-8H2,(H,16,21). The first-order chi connectivity index (χ1) is 10.3. The van der Waals surface area contributed by atoms with Crippen LogP contribution in [0.1, 0.15) is 48.0 Å². The Hall–Kier alpha value is -2.18. The second-order valence-electron chi connectivity index (χ2n) is 5.67. The zero-order chi connectivity index (χ0) is 14.2. The average Bonchev–Trinajstić information content (AvgIpc) is 3.12. The van der Waals surface area contributed by atoms with Gasteiger partial charge in [0.2, 0.25) is 5.82 Å². The number of carbonyl (C=O) groups excluding carboxylic acids is 1. The molecule has 7 nitrogen and oxygen atoms in total. The highest BCUT2D eigenvalue weighted by molar-refractivity contribution is 6.01. The third kappa shape index (κ3) is 2.12. The van der Waals surface area contributed by atoms with Gasteiger partial charge in [-0.2, -0.15) is 0 Å². The number of aromatic nitrogens is 5. The highest BCUT2D eigenvalue weighted by Crippen LogP contribution is 2.20. The molecular weight excluding hydrogens is 268 g/mol. The highest BCUT2D eigenvalue weighted by Gasteiger charge is 2.23. The molecule has 1 N–H and O–H groups in total. The van der Waals surface area contributed by atoms with Crippen LogP contribution in [0.2, 0.25) is 0 Å². The maximum atomic E-state index is 12.5. The first-order valence-corrected chi connectivity index (χ1v) is 7.61. The summed E-state index contributed by atoms with van der Waals surface area (Å²) in [7, 11) is 0. The summed E-state index contributed by atoms with van der Waals surface area (Å²) in [6.07, 6.45) is 8.13. The SMILES string of the molecule is O=C(Nc1cnc2n1CCCC2)c1nnc2n1CCCC2. The van der Waals surface area contributed by atoms with Gasteiger partial charge in [0.1, 0.15) is 17.5 Å². The lowest BCUT2D eigenvalue weighted by Gasteiger charge is -2.17. The Morgan fingerprint density at radius 1 is 1.00 bits per heavy atom.